The van der Waals surface area contributed by atoms with Crippen molar-refractivity contribution in [3.05, 3.63) is 55.0 Å². The number of carbonyl (C=O) groups excluding carboxylic acids is 2. The van der Waals surface area contributed by atoms with Gasteiger partial charge < -0.3 is 25.0 Å². The molecule has 1 aliphatic heterocycles. The van der Waals surface area contributed by atoms with Gasteiger partial charge in [0.2, 0.25) is 11.8 Å². The summed E-state index contributed by atoms with van der Waals surface area (Å²) in [6.45, 7) is 6.76. The highest BCUT2D eigenvalue weighted by Crippen LogP contribution is 2.32. The lowest BCUT2D eigenvalue weighted by Crippen LogP contribution is -2.42. The first-order valence-corrected chi connectivity index (χ1v) is 13.3. The van der Waals surface area contributed by atoms with Gasteiger partial charge >= 0.3 is 6.09 Å². The van der Waals surface area contributed by atoms with Gasteiger partial charge in [-0.2, -0.15) is 4.98 Å². The number of carbonyl (C=O) groups is 2. The van der Waals surface area contributed by atoms with E-state index in [0.29, 0.717) is 36.2 Å². The molecule has 10 nitrogen and oxygen atoms in total. The minimum Gasteiger partial charge on any atom is -0.444 e. The molecule has 1 unspecified atom stereocenters. The number of hydrogen-bond donors (Lipinski definition) is 2. The Bertz CT molecular complexity index is 1310. The van der Waals surface area contributed by atoms with Crippen molar-refractivity contribution in [3.63, 3.8) is 0 Å². The van der Waals surface area contributed by atoms with Crippen LogP contribution in [0.25, 0.3) is 11.4 Å². The molecular weight excluding hydrogens is 496 g/mol. The summed E-state index contributed by atoms with van der Waals surface area (Å²) in [5.74, 6) is 1.58. The second kappa shape index (κ2) is 11.3. The third-order valence-corrected chi connectivity index (χ3v) is 6.49. The average Bonchev–Trinajstić information content (AvgIpc) is 3.66. The van der Waals surface area contributed by atoms with Crippen LogP contribution in [-0.2, 0) is 9.53 Å². The molecule has 5 rings (SSSR count). The van der Waals surface area contributed by atoms with Gasteiger partial charge in [0.25, 0.3) is 0 Å². The first-order valence-electron chi connectivity index (χ1n) is 13.3. The van der Waals surface area contributed by atoms with Crippen LogP contribution < -0.4 is 15.4 Å². The van der Waals surface area contributed by atoms with Crippen molar-refractivity contribution in [2.45, 2.75) is 58.1 Å². The molecule has 0 radical (unpaired) electrons. The molecule has 2 amide bonds. The highest BCUT2D eigenvalue weighted by Gasteiger charge is 2.32. The standard InChI is InChI=1S/C29H34N6O4/c1-29(2,3)39-28(37)35-15-5-7-22(35)17-31-24-18-32-25(20-6-4-14-30-16-20)34-27(24)38-23-12-10-21(11-13-23)33-26(36)19-8-9-19/h4,6,10-14,16,18-19,22,31H,5,7-9,15,17H2,1-3H3,(H,33,36). The number of nitrogens with one attached hydrogen (secondary N) is 2. The second-order valence-electron chi connectivity index (χ2n) is 10.9. The quantitative estimate of drug-likeness (QED) is 0.392. The summed E-state index contributed by atoms with van der Waals surface area (Å²) in [4.78, 5) is 39.9. The zero-order chi connectivity index (χ0) is 27.4. The van der Waals surface area contributed by atoms with Gasteiger partial charge in [-0.3, -0.25) is 9.78 Å². The Morgan fingerprint density at radius 1 is 1.08 bits per heavy atom. The van der Waals surface area contributed by atoms with E-state index in [1.54, 1.807) is 35.6 Å². The first-order chi connectivity index (χ1) is 18.7. The Morgan fingerprint density at radius 2 is 1.87 bits per heavy atom. The van der Waals surface area contributed by atoms with Crippen molar-refractivity contribution in [1.29, 1.82) is 0 Å². The predicted molar refractivity (Wildman–Crippen MR) is 148 cm³/mol. The van der Waals surface area contributed by atoms with Gasteiger partial charge in [-0.05, 0) is 82.9 Å². The highest BCUT2D eigenvalue weighted by molar-refractivity contribution is 5.94. The fourth-order valence-electron chi connectivity index (χ4n) is 4.34. The summed E-state index contributed by atoms with van der Waals surface area (Å²) in [6, 6.07) is 10.9. The Labute approximate surface area is 228 Å². The van der Waals surface area contributed by atoms with Gasteiger partial charge in [0, 0.05) is 42.7 Å². The van der Waals surface area contributed by atoms with Crippen LogP contribution in [0.3, 0.4) is 0 Å². The van der Waals surface area contributed by atoms with Crippen LogP contribution in [0.5, 0.6) is 11.6 Å². The fraction of sp³-hybridized carbons (Fsp3) is 0.414. The van der Waals surface area contributed by atoms with Gasteiger partial charge in [-0.1, -0.05) is 0 Å². The van der Waals surface area contributed by atoms with Crippen molar-refractivity contribution < 1.29 is 19.1 Å². The number of anilines is 2. The maximum atomic E-state index is 12.7. The topological polar surface area (TPSA) is 119 Å². The van der Waals surface area contributed by atoms with E-state index in [4.69, 9.17) is 9.47 Å². The highest BCUT2D eigenvalue weighted by atomic mass is 16.6. The van der Waals surface area contributed by atoms with Crippen LogP contribution >= 0.6 is 0 Å². The molecule has 1 atom stereocenters. The van der Waals surface area contributed by atoms with E-state index in [-0.39, 0.29) is 24.0 Å². The summed E-state index contributed by atoms with van der Waals surface area (Å²) in [5.41, 5.74) is 1.54. The monoisotopic (exact) mass is 530 g/mol. The predicted octanol–water partition coefficient (Wildman–Crippen LogP) is 5.49. The van der Waals surface area contributed by atoms with Crippen LogP contribution in [0.2, 0.25) is 0 Å². The van der Waals surface area contributed by atoms with E-state index in [9.17, 15) is 9.59 Å². The minimum atomic E-state index is -0.551. The number of rotatable bonds is 8. The molecule has 2 N–H and O–H groups in total. The van der Waals surface area contributed by atoms with Gasteiger partial charge in [0.05, 0.1) is 12.2 Å². The zero-order valence-electron chi connectivity index (χ0n) is 22.5. The maximum absolute atomic E-state index is 12.7. The van der Waals surface area contributed by atoms with Crippen molar-refractivity contribution in [1.82, 2.24) is 19.9 Å². The summed E-state index contributed by atoms with van der Waals surface area (Å²) in [6.07, 6.45) is 8.44. The van der Waals surface area contributed by atoms with Crippen LogP contribution in [0, 0.1) is 5.92 Å². The Hall–Kier alpha value is -4.21. The molecule has 3 aromatic rings. The number of pyridine rings is 1. The summed E-state index contributed by atoms with van der Waals surface area (Å²) >= 11 is 0. The van der Waals surface area contributed by atoms with Crippen molar-refractivity contribution >= 4 is 23.4 Å². The molecule has 1 saturated heterocycles. The number of amides is 2. The summed E-state index contributed by atoms with van der Waals surface area (Å²) < 4.78 is 11.8. The lowest BCUT2D eigenvalue weighted by Gasteiger charge is -2.29. The van der Waals surface area contributed by atoms with E-state index < -0.39 is 5.60 Å². The molecule has 2 aromatic heterocycles. The number of ether oxygens (including phenoxy) is 2. The van der Waals surface area contributed by atoms with E-state index in [0.717, 1.165) is 36.9 Å². The van der Waals surface area contributed by atoms with Crippen molar-refractivity contribution in [3.8, 4) is 23.0 Å². The Kier molecular flexibility index (Phi) is 7.63. The van der Waals surface area contributed by atoms with Gasteiger partial charge in [-0.25, -0.2) is 9.78 Å². The number of likely N-dealkylation sites (tertiary alicyclic amines) is 1. The normalized spacial score (nSPS) is 17.0. The average molecular weight is 531 g/mol. The molecule has 0 spiro atoms. The van der Waals surface area contributed by atoms with Crippen LogP contribution in [-0.4, -0.2) is 56.6 Å². The van der Waals surface area contributed by atoms with Crippen LogP contribution in [0.1, 0.15) is 46.5 Å². The molecule has 1 saturated carbocycles. The molecule has 204 valence electrons. The third kappa shape index (κ3) is 7.01. The van der Waals surface area contributed by atoms with Gasteiger partial charge in [-0.15, -0.1) is 0 Å². The number of nitrogens with zero attached hydrogens (tertiary/aromatic N) is 4. The molecule has 39 heavy (non-hydrogen) atoms. The maximum Gasteiger partial charge on any atom is 0.410 e. The van der Waals surface area contributed by atoms with E-state index in [2.05, 4.69) is 25.6 Å². The van der Waals surface area contributed by atoms with Crippen molar-refractivity contribution in [2.75, 3.05) is 23.7 Å². The first kappa shape index (κ1) is 26.4. The van der Waals surface area contributed by atoms with Crippen LogP contribution in [0.15, 0.2) is 55.0 Å². The Balaban J connectivity index is 1.32. The molecule has 10 heteroatoms. The number of benzene rings is 1. The number of aromatic nitrogens is 3. The third-order valence-electron chi connectivity index (χ3n) is 6.49. The molecule has 1 aliphatic carbocycles. The van der Waals surface area contributed by atoms with Gasteiger partial charge in [0.15, 0.2) is 5.82 Å². The lowest BCUT2D eigenvalue weighted by atomic mass is 10.2. The molecule has 2 fully saturated rings. The van der Waals surface area contributed by atoms with E-state index in [1.165, 1.54) is 0 Å². The zero-order valence-corrected chi connectivity index (χ0v) is 22.5. The Morgan fingerprint density at radius 3 is 2.56 bits per heavy atom. The van der Waals surface area contributed by atoms with E-state index >= 15 is 0 Å². The largest absolute Gasteiger partial charge is 0.444 e. The second-order valence-corrected chi connectivity index (χ2v) is 10.9. The van der Waals surface area contributed by atoms with Crippen LogP contribution in [0.4, 0.5) is 16.2 Å². The van der Waals surface area contributed by atoms with Crippen molar-refractivity contribution in [2.24, 2.45) is 5.92 Å². The smallest absolute Gasteiger partial charge is 0.410 e. The summed E-state index contributed by atoms with van der Waals surface area (Å²) in [7, 11) is 0. The fourth-order valence-corrected chi connectivity index (χ4v) is 4.34. The molecule has 0 bridgehead atoms. The van der Waals surface area contributed by atoms with E-state index in [1.807, 2.05) is 45.0 Å². The van der Waals surface area contributed by atoms with Gasteiger partial charge in [0.1, 0.15) is 17.0 Å². The molecule has 3 heterocycles. The molecule has 1 aromatic carbocycles. The molecule has 2 aliphatic rings. The summed E-state index contributed by atoms with van der Waals surface area (Å²) in [5, 5.41) is 6.32. The minimum absolute atomic E-state index is 0.0277. The number of hydrogen-bond acceptors (Lipinski definition) is 8. The molecular formula is C29H34N6O4. The lowest BCUT2D eigenvalue weighted by molar-refractivity contribution is -0.117. The SMILES string of the molecule is CC(C)(C)OC(=O)N1CCCC1CNc1cnc(-c2cccnc2)nc1Oc1ccc(NC(=O)C2CC2)cc1.